The predicted molar refractivity (Wildman–Crippen MR) is 151 cm³/mol. The van der Waals surface area contributed by atoms with Crippen LogP contribution in [-0.2, 0) is 0 Å². The van der Waals surface area contributed by atoms with Crippen molar-refractivity contribution in [1.82, 2.24) is 9.66 Å². The van der Waals surface area contributed by atoms with Gasteiger partial charge in [0.05, 0.1) is 17.1 Å². The lowest BCUT2D eigenvalue weighted by molar-refractivity contribution is 0.616. The third kappa shape index (κ3) is 4.79. The first kappa shape index (κ1) is 23.6. The third-order valence-electron chi connectivity index (χ3n) is 5.73. The molecule has 0 aliphatic rings. The molecule has 5 nitrogen and oxygen atoms in total. The molecule has 6 aromatic rings. The van der Waals surface area contributed by atoms with Crippen molar-refractivity contribution in [2.24, 2.45) is 5.10 Å². The van der Waals surface area contributed by atoms with Gasteiger partial charge in [-0.25, -0.2) is 4.98 Å². The average Bonchev–Trinajstić information content (AvgIpc) is 3.33. The van der Waals surface area contributed by atoms with Gasteiger partial charge in [0.15, 0.2) is 5.76 Å². The SMILES string of the molecule is O=c1c2ccccc2nc(-c2cc3cc(Cl)ccc3o2)n1N=Cc1ccccc1Sc1ccc(Cl)cc1. The monoisotopic (exact) mass is 541 g/mol. The van der Waals surface area contributed by atoms with E-state index >= 15 is 0 Å². The number of rotatable bonds is 5. The highest BCUT2D eigenvalue weighted by molar-refractivity contribution is 7.99. The molecule has 0 N–H and O–H groups in total. The molecule has 0 spiro atoms. The van der Waals surface area contributed by atoms with E-state index in [1.807, 2.05) is 60.7 Å². The molecule has 0 fully saturated rings. The Bertz CT molecular complexity index is 1860. The summed E-state index contributed by atoms with van der Waals surface area (Å²) < 4.78 is 7.33. The minimum absolute atomic E-state index is 0.293. The zero-order valence-corrected chi connectivity index (χ0v) is 21.5. The van der Waals surface area contributed by atoms with E-state index in [9.17, 15) is 4.79 Å². The second-order valence-corrected chi connectivity index (χ2v) is 10.2. The molecular weight excluding hydrogens is 525 g/mol. The molecule has 0 aliphatic carbocycles. The van der Waals surface area contributed by atoms with Crippen molar-refractivity contribution in [2.75, 3.05) is 0 Å². The van der Waals surface area contributed by atoms with Crippen LogP contribution >= 0.6 is 35.0 Å². The number of para-hydroxylation sites is 1. The highest BCUT2D eigenvalue weighted by Crippen LogP contribution is 2.31. The predicted octanol–water partition coefficient (Wildman–Crippen LogP) is 8.15. The van der Waals surface area contributed by atoms with Gasteiger partial charge in [-0.1, -0.05) is 65.3 Å². The van der Waals surface area contributed by atoms with Crippen molar-refractivity contribution in [3.05, 3.63) is 123 Å². The van der Waals surface area contributed by atoms with Gasteiger partial charge in [-0.15, -0.1) is 0 Å². The van der Waals surface area contributed by atoms with E-state index in [1.54, 1.807) is 54.4 Å². The molecule has 4 aromatic carbocycles. The number of fused-ring (bicyclic) bond motifs is 2. The fraction of sp³-hybridized carbons (Fsp3) is 0. The summed E-state index contributed by atoms with van der Waals surface area (Å²) in [5.41, 5.74) is 1.76. The van der Waals surface area contributed by atoms with Gasteiger partial charge in [0.25, 0.3) is 5.56 Å². The summed E-state index contributed by atoms with van der Waals surface area (Å²) in [4.78, 5) is 20.3. The number of halogens is 2. The largest absolute Gasteiger partial charge is 0.453 e. The summed E-state index contributed by atoms with van der Waals surface area (Å²) in [5.74, 6) is 0.719. The van der Waals surface area contributed by atoms with Gasteiger partial charge in [0.2, 0.25) is 5.82 Å². The van der Waals surface area contributed by atoms with Crippen molar-refractivity contribution in [1.29, 1.82) is 0 Å². The van der Waals surface area contributed by atoms with Crippen molar-refractivity contribution in [3.8, 4) is 11.6 Å². The van der Waals surface area contributed by atoms with Gasteiger partial charge >= 0.3 is 0 Å². The standard InChI is InChI=1S/C29H17Cl2N3O2S/c30-20-9-12-22(13-10-20)37-27-8-4-1-5-18(27)17-32-34-28(33-24-7-3-2-6-23(24)29(34)35)26-16-19-15-21(31)11-14-25(19)36-26/h1-17H. The van der Waals surface area contributed by atoms with Gasteiger partial charge in [-0.2, -0.15) is 9.78 Å². The Morgan fingerprint density at radius 1 is 0.865 bits per heavy atom. The Balaban J connectivity index is 1.47. The summed E-state index contributed by atoms with van der Waals surface area (Å²) in [5, 5.41) is 7.15. The molecular formula is C29H17Cl2N3O2S. The van der Waals surface area contributed by atoms with Crippen molar-refractivity contribution in [3.63, 3.8) is 0 Å². The molecule has 37 heavy (non-hydrogen) atoms. The number of benzene rings is 4. The summed E-state index contributed by atoms with van der Waals surface area (Å²) >= 11 is 13.8. The van der Waals surface area contributed by atoms with Gasteiger partial charge in [0.1, 0.15) is 5.58 Å². The van der Waals surface area contributed by atoms with Crippen LogP contribution in [-0.4, -0.2) is 15.9 Å². The first-order valence-electron chi connectivity index (χ1n) is 11.3. The summed E-state index contributed by atoms with van der Waals surface area (Å²) in [6, 6.07) is 29.8. The molecule has 0 aliphatic heterocycles. The molecule has 8 heteroatoms. The van der Waals surface area contributed by atoms with E-state index in [1.165, 1.54) is 4.68 Å². The van der Waals surface area contributed by atoms with Crippen LogP contribution < -0.4 is 5.56 Å². The van der Waals surface area contributed by atoms with Crippen LogP contribution in [0.15, 0.2) is 121 Å². The van der Waals surface area contributed by atoms with Crippen LogP contribution in [0.1, 0.15) is 5.56 Å². The highest BCUT2D eigenvalue weighted by Gasteiger charge is 2.17. The maximum Gasteiger partial charge on any atom is 0.282 e. The maximum absolute atomic E-state index is 13.5. The van der Waals surface area contributed by atoms with Crippen molar-refractivity contribution in [2.45, 2.75) is 9.79 Å². The molecule has 0 unspecified atom stereocenters. The normalized spacial score (nSPS) is 11.6. The number of hydrogen-bond donors (Lipinski definition) is 0. The van der Waals surface area contributed by atoms with Crippen molar-refractivity contribution >= 4 is 63.1 Å². The van der Waals surface area contributed by atoms with Crippen LogP contribution in [0.25, 0.3) is 33.5 Å². The van der Waals surface area contributed by atoms with E-state index in [-0.39, 0.29) is 5.56 Å². The third-order valence-corrected chi connectivity index (χ3v) is 7.31. The van der Waals surface area contributed by atoms with Crippen LogP contribution in [0.4, 0.5) is 0 Å². The summed E-state index contributed by atoms with van der Waals surface area (Å²) in [7, 11) is 0. The number of aromatic nitrogens is 2. The molecule has 2 heterocycles. The van der Waals surface area contributed by atoms with Crippen LogP contribution in [0.3, 0.4) is 0 Å². The molecule has 0 saturated heterocycles. The average molecular weight is 542 g/mol. The van der Waals surface area contributed by atoms with E-state index in [4.69, 9.17) is 32.6 Å². The second-order valence-electron chi connectivity index (χ2n) is 8.20. The zero-order valence-electron chi connectivity index (χ0n) is 19.1. The lowest BCUT2D eigenvalue weighted by atomic mass is 10.2. The Hall–Kier alpha value is -3.84. The quantitative estimate of drug-likeness (QED) is 0.206. The molecule has 6 rings (SSSR count). The lowest BCUT2D eigenvalue weighted by Crippen LogP contribution is -2.20. The molecule has 0 radical (unpaired) electrons. The molecule has 180 valence electrons. The topological polar surface area (TPSA) is 60.4 Å². The number of hydrogen-bond acceptors (Lipinski definition) is 5. The molecule has 0 atom stereocenters. The minimum Gasteiger partial charge on any atom is -0.453 e. The summed E-state index contributed by atoms with van der Waals surface area (Å²) in [6.07, 6.45) is 1.67. The van der Waals surface area contributed by atoms with Gasteiger partial charge in [-0.3, -0.25) is 4.79 Å². The van der Waals surface area contributed by atoms with Crippen molar-refractivity contribution < 1.29 is 4.42 Å². The van der Waals surface area contributed by atoms with Crippen LogP contribution in [0, 0.1) is 0 Å². The fourth-order valence-electron chi connectivity index (χ4n) is 3.94. The van der Waals surface area contributed by atoms with Crippen LogP contribution in [0.5, 0.6) is 0 Å². The minimum atomic E-state index is -0.293. The molecule has 0 saturated carbocycles. The Labute approximate surface area is 226 Å². The highest BCUT2D eigenvalue weighted by atomic mass is 35.5. The van der Waals surface area contributed by atoms with Crippen LogP contribution in [0.2, 0.25) is 10.0 Å². The van der Waals surface area contributed by atoms with Gasteiger partial charge in [0, 0.05) is 30.8 Å². The zero-order chi connectivity index (χ0) is 25.4. The Morgan fingerprint density at radius 2 is 1.62 bits per heavy atom. The Kier molecular flexibility index (Phi) is 6.30. The van der Waals surface area contributed by atoms with Gasteiger partial charge < -0.3 is 4.42 Å². The number of furan rings is 1. The Morgan fingerprint density at radius 3 is 2.49 bits per heavy atom. The van der Waals surface area contributed by atoms with E-state index in [0.29, 0.717) is 38.1 Å². The lowest BCUT2D eigenvalue weighted by Gasteiger charge is -2.08. The fourth-order valence-corrected chi connectivity index (χ4v) is 5.16. The maximum atomic E-state index is 13.5. The van der Waals surface area contributed by atoms with Gasteiger partial charge in [-0.05, 0) is 66.7 Å². The first-order valence-corrected chi connectivity index (χ1v) is 12.9. The van der Waals surface area contributed by atoms with E-state index < -0.39 is 0 Å². The number of nitrogens with zero attached hydrogens (tertiary/aromatic N) is 3. The smallest absolute Gasteiger partial charge is 0.282 e. The molecule has 2 aromatic heterocycles. The van der Waals surface area contributed by atoms with E-state index in [0.717, 1.165) is 20.7 Å². The first-order chi connectivity index (χ1) is 18.0. The molecule has 0 bridgehead atoms. The molecule has 0 amide bonds. The second kappa shape index (κ2) is 9.90. The van der Waals surface area contributed by atoms with E-state index in [2.05, 4.69) is 5.10 Å². The summed E-state index contributed by atoms with van der Waals surface area (Å²) in [6.45, 7) is 0.